The SMILES string of the molecule is O=S(=O)(c1ccc(Oc2cccc(Oc3cccc(Oc4ccc(S(=O)(=O)C(F)(F)F)cc4)c3)c2)cc1)C(F)(F)F. The van der Waals surface area contributed by atoms with Gasteiger partial charge in [-0.05, 0) is 72.8 Å². The van der Waals surface area contributed by atoms with Crippen molar-refractivity contribution in [2.24, 2.45) is 0 Å². The van der Waals surface area contributed by atoms with E-state index < -0.39 is 40.5 Å². The van der Waals surface area contributed by atoms with Gasteiger partial charge >= 0.3 is 11.0 Å². The summed E-state index contributed by atoms with van der Waals surface area (Å²) in [6.45, 7) is 0. The molecule has 0 bridgehead atoms. The lowest BCUT2D eigenvalue weighted by molar-refractivity contribution is -0.0442. The van der Waals surface area contributed by atoms with E-state index in [1.807, 2.05) is 0 Å². The number of hydrogen-bond donors (Lipinski definition) is 0. The Bertz CT molecular complexity index is 1620. The maximum atomic E-state index is 12.7. The molecule has 0 saturated heterocycles. The van der Waals surface area contributed by atoms with E-state index in [0.717, 1.165) is 48.5 Å². The van der Waals surface area contributed by atoms with Gasteiger partial charge in [0.1, 0.15) is 34.5 Å². The first-order valence-corrected chi connectivity index (χ1v) is 14.1. The van der Waals surface area contributed by atoms with E-state index in [-0.39, 0.29) is 34.5 Å². The summed E-state index contributed by atoms with van der Waals surface area (Å²) in [6.07, 6.45) is 0. The van der Waals surface area contributed by atoms with E-state index >= 15 is 0 Å². The zero-order chi connectivity index (χ0) is 30.1. The van der Waals surface area contributed by atoms with E-state index in [4.69, 9.17) is 14.2 Å². The molecule has 0 amide bonds. The second-order valence-electron chi connectivity index (χ2n) is 8.10. The van der Waals surface area contributed by atoms with Gasteiger partial charge in [0.25, 0.3) is 19.7 Å². The lowest BCUT2D eigenvalue weighted by Crippen LogP contribution is -2.23. The molecule has 15 heteroatoms. The Kier molecular flexibility index (Phi) is 7.96. The molecule has 41 heavy (non-hydrogen) atoms. The topological polar surface area (TPSA) is 96.0 Å². The zero-order valence-electron chi connectivity index (χ0n) is 20.2. The first-order valence-electron chi connectivity index (χ1n) is 11.1. The molecule has 0 aliphatic heterocycles. The number of halogens is 6. The Morgan fingerprint density at radius 1 is 0.415 bits per heavy atom. The minimum absolute atomic E-state index is 0.0627. The van der Waals surface area contributed by atoms with Crippen LogP contribution in [0, 0.1) is 0 Å². The summed E-state index contributed by atoms with van der Waals surface area (Å²) in [5.41, 5.74) is -10.9. The molecule has 0 fully saturated rings. The molecule has 216 valence electrons. The summed E-state index contributed by atoms with van der Waals surface area (Å²) in [5, 5.41) is 0. The molecule has 0 aromatic heterocycles. The van der Waals surface area contributed by atoms with Gasteiger partial charge in [0.15, 0.2) is 0 Å². The van der Waals surface area contributed by atoms with E-state index in [0.29, 0.717) is 0 Å². The molecule has 0 heterocycles. The van der Waals surface area contributed by atoms with Gasteiger partial charge in [-0.15, -0.1) is 0 Å². The molecule has 4 aromatic carbocycles. The summed E-state index contributed by atoms with van der Waals surface area (Å²) >= 11 is 0. The van der Waals surface area contributed by atoms with Gasteiger partial charge < -0.3 is 14.2 Å². The summed E-state index contributed by atoms with van der Waals surface area (Å²) in [4.78, 5) is -1.86. The van der Waals surface area contributed by atoms with Crippen molar-refractivity contribution < 1.29 is 57.4 Å². The van der Waals surface area contributed by atoms with E-state index in [1.54, 1.807) is 24.3 Å². The molecule has 0 aliphatic carbocycles. The maximum absolute atomic E-state index is 12.7. The van der Waals surface area contributed by atoms with Gasteiger partial charge in [-0.1, -0.05) is 12.1 Å². The molecule has 0 saturated carbocycles. The Balaban J connectivity index is 1.44. The van der Waals surface area contributed by atoms with Crippen molar-refractivity contribution in [3.8, 4) is 34.5 Å². The molecule has 7 nitrogen and oxygen atoms in total. The van der Waals surface area contributed by atoms with Gasteiger partial charge in [-0.3, -0.25) is 0 Å². The van der Waals surface area contributed by atoms with E-state index in [9.17, 15) is 43.2 Å². The van der Waals surface area contributed by atoms with Gasteiger partial charge in [-0.2, -0.15) is 26.3 Å². The quantitative estimate of drug-likeness (QED) is 0.187. The summed E-state index contributed by atoms with van der Waals surface area (Å²) < 4.78 is 139. The van der Waals surface area contributed by atoms with Crippen LogP contribution in [0.15, 0.2) is 107 Å². The second kappa shape index (κ2) is 11.0. The summed E-state index contributed by atoms with van der Waals surface area (Å²) in [6, 6.07) is 19.6. The Morgan fingerprint density at radius 3 is 0.951 bits per heavy atom. The van der Waals surface area contributed by atoms with Crippen LogP contribution in [-0.4, -0.2) is 27.9 Å². The molecular formula is C26H16F6O7S2. The van der Waals surface area contributed by atoms with Crippen LogP contribution in [0.25, 0.3) is 0 Å². The molecule has 0 spiro atoms. The zero-order valence-corrected chi connectivity index (χ0v) is 21.8. The average Bonchev–Trinajstić information content (AvgIpc) is 2.88. The van der Waals surface area contributed by atoms with Crippen molar-refractivity contribution in [2.45, 2.75) is 20.8 Å². The Labute approximate surface area is 229 Å². The molecular weight excluding hydrogens is 602 g/mol. The number of ether oxygens (including phenoxy) is 3. The van der Waals surface area contributed by atoms with Crippen LogP contribution in [0.2, 0.25) is 0 Å². The van der Waals surface area contributed by atoms with Crippen LogP contribution in [0.5, 0.6) is 34.5 Å². The number of hydrogen-bond acceptors (Lipinski definition) is 7. The molecule has 4 aromatic rings. The van der Waals surface area contributed by atoms with Crippen molar-refractivity contribution in [3.05, 3.63) is 97.1 Å². The fraction of sp³-hybridized carbons (Fsp3) is 0.0769. The normalized spacial score (nSPS) is 12.5. The van der Waals surface area contributed by atoms with Crippen LogP contribution in [0.3, 0.4) is 0 Å². The highest BCUT2D eigenvalue weighted by Crippen LogP contribution is 2.35. The second-order valence-corrected chi connectivity index (χ2v) is 12.0. The summed E-state index contributed by atoms with van der Waals surface area (Å²) in [7, 11) is -11.0. The number of rotatable bonds is 8. The van der Waals surface area contributed by atoms with Gasteiger partial charge in [0, 0.05) is 12.1 Å². The van der Waals surface area contributed by atoms with Gasteiger partial charge in [0.05, 0.1) is 9.79 Å². The van der Waals surface area contributed by atoms with Crippen LogP contribution < -0.4 is 14.2 Å². The predicted octanol–water partition coefficient (Wildman–Crippen LogP) is 7.65. The molecule has 0 unspecified atom stereocenters. The Hall–Kier alpha value is -4.24. The molecule has 0 aliphatic rings. The smallest absolute Gasteiger partial charge is 0.457 e. The van der Waals surface area contributed by atoms with E-state index in [2.05, 4.69) is 0 Å². The number of benzene rings is 4. The number of sulfone groups is 2. The van der Waals surface area contributed by atoms with Crippen molar-refractivity contribution in [1.29, 1.82) is 0 Å². The fourth-order valence-electron chi connectivity index (χ4n) is 3.25. The standard InChI is InChI=1S/C26H16F6O7S2/c27-25(28,29)40(33,34)23-11-7-17(8-12-23)37-19-3-1-5-21(15-19)39-22-6-2-4-20(16-22)38-18-9-13-24(14-10-18)41(35,36)26(30,31)32/h1-16H. The number of alkyl halides is 6. The Morgan fingerprint density at radius 2 is 0.683 bits per heavy atom. The van der Waals surface area contributed by atoms with Crippen molar-refractivity contribution >= 4 is 19.7 Å². The highest BCUT2D eigenvalue weighted by Gasteiger charge is 2.47. The lowest BCUT2D eigenvalue weighted by atomic mass is 10.3. The first-order chi connectivity index (χ1) is 19.1. The molecule has 0 atom stereocenters. The highest BCUT2D eigenvalue weighted by molar-refractivity contribution is 7.92. The van der Waals surface area contributed by atoms with E-state index in [1.165, 1.54) is 24.3 Å². The average molecular weight is 619 g/mol. The predicted molar refractivity (Wildman–Crippen MR) is 132 cm³/mol. The maximum Gasteiger partial charge on any atom is 0.501 e. The third kappa shape index (κ3) is 6.74. The third-order valence-electron chi connectivity index (χ3n) is 5.20. The third-order valence-corrected chi connectivity index (χ3v) is 8.20. The summed E-state index contributed by atoms with van der Waals surface area (Å²) in [5.74, 6) is 1.11. The van der Waals surface area contributed by atoms with Crippen LogP contribution in [-0.2, 0) is 19.7 Å². The minimum Gasteiger partial charge on any atom is -0.457 e. The first kappa shape index (κ1) is 29.7. The largest absolute Gasteiger partial charge is 0.501 e. The van der Waals surface area contributed by atoms with Crippen LogP contribution in [0.1, 0.15) is 0 Å². The minimum atomic E-state index is -5.50. The van der Waals surface area contributed by atoms with Crippen molar-refractivity contribution in [1.82, 2.24) is 0 Å². The monoisotopic (exact) mass is 618 g/mol. The van der Waals surface area contributed by atoms with Gasteiger partial charge in [0.2, 0.25) is 0 Å². The van der Waals surface area contributed by atoms with Crippen molar-refractivity contribution in [2.75, 3.05) is 0 Å². The molecule has 4 rings (SSSR count). The highest BCUT2D eigenvalue weighted by atomic mass is 32.2. The van der Waals surface area contributed by atoms with Gasteiger partial charge in [-0.25, -0.2) is 16.8 Å². The fourth-order valence-corrected chi connectivity index (χ4v) is 4.77. The van der Waals surface area contributed by atoms with Crippen LogP contribution >= 0.6 is 0 Å². The molecule has 0 N–H and O–H groups in total. The lowest BCUT2D eigenvalue weighted by Gasteiger charge is -2.12. The van der Waals surface area contributed by atoms with Crippen LogP contribution in [0.4, 0.5) is 26.3 Å². The molecule has 0 radical (unpaired) electrons. The van der Waals surface area contributed by atoms with Crippen molar-refractivity contribution in [3.63, 3.8) is 0 Å².